The first-order chi connectivity index (χ1) is 39.3. The molecule has 2 aliphatic carbocycles. The SMILES string of the molecule is Cn1c(-c2ccccc2)nc2cc(-c3cccc(-c4ccc5c6c(cccc46)-c4ccccc4-5)c3)ccc21.Cn1c(-c2ccccc2)nc2cc(Br)ccc21.OB(O)c1cccc(-c2ccc3c4c(cccc24)-c2ccccc2-3)c1. The van der Waals surface area contributed by atoms with Gasteiger partial charge in [0.05, 0.1) is 22.1 Å². The van der Waals surface area contributed by atoms with Gasteiger partial charge in [0.15, 0.2) is 0 Å². The summed E-state index contributed by atoms with van der Waals surface area (Å²) in [6, 6.07) is 89.0. The van der Waals surface area contributed by atoms with Crippen LogP contribution in [0, 0.1) is 0 Å². The Morgan fingerprint density at radius 2 is 0.713 bits per heavy atom. The Bertz CT molecular complexity index is 4680. The summed E-state index contributed by atoms with van der Waals surface area (Å²) in [5.74, 6) is 1.99. The Hall–Kier alpha value is -9.44. The molecule has 380 valence electrons. The van der Waals surface area contributed by atoms with Crippen LogP contribution < -0.4 is 5.46 Å². The molecule has 2 N–H and O–H groups in total. The second-order valence-electron chi connectivity index (χ2n) is 20.5. The van der Waals surface area contributed by atoms with Gasteiger partial charge in [0, 0.05) is 29.7 Å². The van der Waals surface area contributed by atoms with Gasteiger partial charge in [-0.15, -0.1) is 0 Å². The van der Waals surface area contributed by atoms with Gasteiger partial charge in [-0.05, 0) is 141 Å². The highest BCUT2D eigenvalue weighted by Crippen LogP contribution is 2.51. The first-order valence-corrected chi connectivity index (χ1v) is 27.6. The average Bonchev–Trinajstić information content (AvgIpc) is 4.31. The van der Waals surface area contributed by atoms with Crippen LogP contribution in [0.3, 0.4) is 0 Å². The maximum absolute atomic E-state index is 9.48. The van der Waals surface area contributed by atoms with Gasteiger partial charge in [-0.3, -0.25) is 0 Å². The van der Waals surface area contributed by atoms with Crippen LogP contribution in [0.5, 0.6) is 0 Å². The fourth-order valence-corrected chi connectivity index (χ4v) is 12.4. The van der Waals surface area contributed by atoms with Gasteiger partial charge < -0.3 is 19.2 Å². The molecular formula is C72H50BBrN4O2. The lowest BCUT2D eigenvalue weighted by Crippen LogP contribution is -2.29. The van der Waals surface area contributed by atoms with Gasteiger partial charge in [-0.1, -0.05) is 234 Å². The van der Waals surface area contributed by atoms with Gasteiger partial charge in [0.25, 0.3) is 0 Å². The van der Waals surface area contributed by atoms with Gasteiger partial charge in [0.2, 0.25) is 0 Å². The molecule has 0 bridgehead atoms. The zero-order chi connectivity index (χ0) is 54.0. The van der Waals surface area contributed by atoms with E-state index in [0.29, 0.717) is 5.46 Å². The van der Waals surface area contributed by atoms with E-state index in [1.165, 1.54) is 88.3 Å². The van der Waals surface area contributed by atoms with Crippen LogP contribution >= 0.6 is 15.9 Å². The predicted octanol–water partition coefficient (Wildman–Crippen LogP) is 17.2. The first-order valence-electron chi connectivity index (χ1n) is 26.8. The van der Waals surface area contributed by atoms with E-state index >= 15 is 0 Å². The van der Waals surface area contributed by atoms with Crippen molar-refractivity contribution in [2.45, 2.75) is 0 Å². The largest absolute Gasteiger partial charge is 0.488 e. The molecule has 0 aliphatic heterocycles. The van der Waals surface area contributed by atoms with Crippen LogP contribution in [-0.2, 0) is 14.1 Å². The van der Waals surface area contributed by atoms with E-state index in [1.54, 1.807) is 6.07 Å². The lowest BCUT2D eigenvalue weighted by molar-refractivity contribution is 0.426. The van der Waals surface area contributed by atoms with E-state index in [0.717, 1.165) is 60.4 Å². The van der Waals surface area contributed by atoms with Crippen molar-refractivity contribution in [2.75, 3.05) is 0 Å². The number of hydrogen-bond donors (Lipinski definition) is 2. The summed E-state index contributed by atoms with van der Waals surface area (Å²) in [5, 5.41) is 24.1. The number of fused-ring (bicyclic) bond motifs is 8. The van der Waals surface area contributed by atoms with Gasteiger partial charge in [-0.2, -0.15) is 0 Å². The average molecular weight is 1090 g/mol. The minimum absolute atomic E-state index is 0.504. The Kier molecular flexibility index (Phi) is 12.3. The Morgan fingerprint density at radius 1 is 0.325 bits per heavy atom. The van der Waals surface area contributed by atoms with Crippen molar-refractivity contribution >= 4 is 72.1 Å². The van der Waals surface area contributed by atoms with Gasteiger partial charge >= 0.3 is 7.12 Å². The van der Waals surface area contributed by atoms with Crippen molar-refractivity contribution < 1.29 is 10.0 Å². The minimum atomic E-state index is -1.46. The number of nitrogens with zero attached hydrogens (tertiary/aromatic N) is 4. The van der Waals surface area contributed by atoms with Crippen molar-refractivity contribution in [2.24, 2.45) is 14.1 Å². The molecule has 0 fully saturated rings. The quantitative estimate of drug-likeness (QED) is 0.163. The number of aromatic nitrogens is 4. The summed E-state index contributed by atoms with van der Waals surface area (Å²) in [4.78, 5) is 9.68. The van der Waals surface area contributed by atoms with Crippen molar-refractivity contribution in [3.8, 4) is 101 Å². The van der Waals surface area contributed by atoms with E-state index < -0.39 is 7.12 Å². The second kappa shape index (κ2) is 20.1. The first kappa shape index (κ1) is 48.9. The van der Waals surface area contributed by atoms with Crippen LogP contribution in [-0.4, -0.2) is 36.3 Å². The highest BCUT2D eigenvalue weighted by Gasteiger charge is 2.24. The molecule has 0 saturated heterocycles. The smallest absolute Gasteiger partial charge is 0.423 e. The van der Waals surface area contributed by atoms with E-state index in [4.69, 9.17) is 4.98 Å². The van der Waals surface area contributed by atoms with Crippen LogP contribution in [0.25, 0.3) is 144 Å². The molecule has 0 unspecified atom stereocenters. The number of halogens is 1. The molecule has 12 aromatic carbocycles. The van der Waals surface area contributed by atoms with Crippen molar-refractivity contribution in [1.82, 2.24) is 19.1 Å². The van der Waals surface area contributed by atoms with Gasteiger partial charge in [-0.25, -0.2) is 9.97 Å². The fraction of sp³-hybridized carbons (Fsp3) is 0.0278. The number of imidazole rings is 2. The number of hydrogen-bond acceptors (Lipinski definition) is 4. The van der Waals surface area contributed by atoms with E-state index in [2.05, 4.69) is 231 Å². The third kappa shape index (κ3) is 8.44. The molecule has 0 saturated carbocycles. The summed E-state index contributed by atoms with van der Waals surface area (Å²) in [6.45, 7) is 0. The standard InChI is InChI=1S/C36H24N2.C22H15BO2.C14H11BrN2/c1-38-34-20-17-25(22-33(34)37-36(38)23-9-3-2-4-10-23)24-11-7-12-26(21-24)27-18-19-32-29-14-6-5-13-28(29)31-16-8-15-30(27)35(31)32;24-23(25)15-6-3-5-14(13-15)16-11-12-21-18-8-2-1-7-17(18)20-10-4-9-19(16)22(20)21;1-17-13-8-7-11(15)9-12(13)16-14(17)10-5-3-2-4-6-10/h2-22H,1H3;1-13,24-25H;2-9H,1H3. The molecule has 6 nitrogen and oxygen atoms in total. The Balaban J connectivity index is 0.000000118. The molecule has 14 aromatic rings. The molecule has 0 amide bonds. The minimum Gasteiger partial charge on any atom is -0.423 e. The maximum atomic E-state index is 9.48. The molecule has 80 heavy (non-hydrogen) atoms. The summed E-state index contributed by atoms with van der Waals surface area (Å²) in [5.41, 5.74) is 24.5. The highest BCUT2D eigenvalue weighted by atomic mass is 79.9. The van der Waals surface area contributed by atoms with Crippen LogP contribution in [0.2, 0.25) is 0 Å². The second-order valence-corrected chi connectivity index (χ2v) is 21.4. The van der Waals surface area contributed by atoms with E-state index in [-0.39, 0.29) is 0 Å². The molecule has 16 rings (SSSR count). The fourth-order valence-electron chi connectivity index (χ4n) is 12.1. The van der Waals surface area contributed by atoms with Crippen molar-refractivity contribution in [3.05, 3.63) is 259 Å². The third-order valence-corrected chi connectivity index (χ3v) is 16.4. The zero-order valence-electron chi connectivity index (χ0n) is 43.9. The van der Waals surface area contributed by atoms with Crippen LogP contribution in [0.4, 0.5) is 0 Å². The summed E-state index contributed by atoms with van der Waals surface area (Å²) in [6.07, 6.45) is 0. The molecule has 0 radical (unpaired) electrons. The topological polar surface area (TPSA) is 76.1 Å². The van der Waals surface area contributed by atoms with Crippen LogP contribution in [0.15, 0.2) is 259 Å². The molecular weight excluding hydrogens is 1040 g/mol. The van der Waals surface area contributed by atoms with Crippen molar-refractivity contribution in [1.29, 1.82) is 0 Å². The summed E-state index contributed by atoms with van der Waals surface area (Å²) in [7, 11) is 2.68. The molecule has 2 aromatic heterocycles. The van der Waals surface area contributed by atoms with E-state index in [1.807, 2.05) is 61.6 Å². The molecule has 2 heterocycles. The van der Waals surface area contributed by atoms with Crippen molar-refractivity contribution in [3.63, 3.8) is 0 Å². The normalized spacial score (nSPS) is 11.6. The Labute approximate surface area is 472 Å². The zero-order valence-corrected chi connectivity index (χ0v) is 45.5. The number of benzene rings is 12. The highest BCUT2D eigenvalue weighted by molar-refractivity contribution is 9.10. The molecule has 0 spiro atoms. The molecule has 8 heteroatoms. The molecule has 0 atom stereocenters. The monoisotopic (exact) mass is 1090 g/mol. The summed E-state index contributed by atoms with van der Waals surface area (Å²) < 4.78 is 5.36. The number of aryl methyl sites for hydroxylation is 2. The lowest BCUT2D eigenvalue weighted by Gasteiger charge is -2.11. The lowest BCUT2D eigenvalue weighted by atomic mass is 9.79. The van der Waals surface area contributed by atoms with E-state index in [9.17, 15) is 10.0 Å². The maximum Gasteiger partial charge on any atom is 0.488 e. The summed E-state index contributed by atoms with van der Waals surface area (Å²) >= 11 is 3.47. The molecule has 2 aliphatic rings. The van der Waals surface area contributed by atoms with Gasteiger partial charge in [0.1, 0.15) is 11.6 Å². The number of rotatable bonds is 6. The van der Waals surface area contributed by atoms with Crippen LogP contribution in [0.1, 0.15) is 0 Å². The predicted molar refractivity (Wildman–Crippen MR) is 336 cm³/mol. The Morgan fingerprint density at radius 3 is 1.24 bits per heavy atom. The third-order valence-electron chi connectivity index (χ3n) is 15.9.